The molecule has 1 aromatic carbocycles. The van der Waals surface area contributed by atoms with Crippen molar-refractivity contribution in [2.45, 2.75) is 18.9 Å². The molecule has 2 aliphatic heterocycles. The molecule has 2 aromatic rings. The van der Waals surface area contributed by atoms with Gasteiger partial charge < -0.3 is 4.90 Å². The van der Waals surface area contributed by atoms with Crippen LogP contribution in [0.25, 0.3) is 10.9 Å². The van der Waals surface area contributed by atoms with Crippen molar-refractivity contribution in [3.63, 3.8) is 0 Å². The molecule has 1 fully saturated rings. The minimum atomic E-state index is 0.112. The lowest BCUT2D eigenvalue weighted by atomic mass is 10.1. The Kier molecular flexibility index (Phi) is 2.53. The smallest absolute Gasteiger partial charge is 0.261 e. The highest BCUT2D eigenvalue weighted by Crippen LogP contribution is 2.29. The van der Waals surface area contributed by atoms with Gasteiger partial charge in [-0.1, -0.05) is 15.9 Å². The molecule has 98 valence electrons. The van der Waals surface area contributed by atoms with Gasteiger partial charge in [0.2, 0.25) is 0 Å². The van der Waals surface area contributed by atoms with Crippen molar-refractivity contribution in [2.24, 2.45) is 0 Å². The number of aromatic nitrogens is 2. The molecule has 0 N–H and O–H groups in total. The molecule has 1 aromatic heterocycles. The van der Waals surface area contributed by atoms with Crippen LogP contribution >= 0.6 is 15.9 Å². The van der Waals surface area contributed by atoms with E-state index in [1.165, 1.54) is 0 Å². The fraction of sp³-hybridized carbons (Fsp3) is 0.429. The zero-order chi connectivity index (χ0) is 13.0. The Morgan fingerprint density at radius 3 is 3.05 bits per heavy atom. The van der Waals surface area contributed by atoms with Gasteiger partial charge >= 0.3 is 0 Å². The van der Waals surface area contributed by atoms with Crippen LogP contribution in [0.3, 0.4) is 0 Å². The Labute approximate surface area is 119 Å². The number of nitrogens with zero attached hydrogens (tertiary/aromatic N) is 3. The van der Waals surface area contributed by atoms with Crippen LogP contribution in [0, 0.1) is 0 Å². The van der Waals surface area contributed by atoms with E-state index < -0.39 is 0 Å². The molecule has 0 aliphatic carbocycles. The van der Waals surface area contributed by atoms with Gasteiger partial charge in [-0.25, -0.2) is 4.98 Å². The van der Waals surface area contributed by atoms with Crippen LogP contribution in [0.1, 0.15) is 18.2 Å². The third-order valence-electron chi connectivity index (χ3n) is 4.22. The Morgan fingerprint density at radius 1 is 1.26 bits per heavy atom. The number of hydrogen-bond acceptors (Lipinski definition) is 3. The maximum absolute atomic E-state index is 12.6. The summed E-state index contributed by atoms with van der Waals surface area (Å²) in [6, 6.07) is 5.71. The molecule has 2 bridgehead atoms. The fourth-order valence-corrected chi connectivity index (χ4v) is 3.58. The minimum Gasteiger partial charge on any atom is -0.301 e. The maximum Gasteiger partial charge on any atom is 0.261 e. The zero-order valence-electron chi connectivity index (χ0n) is 10.5. The predicted molar refractivity (Wildman–Crippen MR) is 77.5 cm³/mol. The highest BCUT2D eigenvalue weighted by molar-refractivity contribution is 9.10. The summed E-state index contributed by atoms with van der Waals surface area (Å²) >= 11 is 3.45. The molecule has 19 heavy (non-hydrogen) atoms. The molecular weight excluding hydrogens is 306 g/mol. The summed E-state index contributed by atoms with van der Waals surface area (Å²) in [6.45, 7) is 3.92. The van der Waals surface area contributed by atoms with Crippen LogP contribution in [0.5, 0.6) is 0 Å². The van der Waals surface area contributed by atoms with Crippen molar-refractivity contribution in [2.75, 3.05) is 19.6 Å². The van der Waals surface area contributed by atoms with E-state index in [9.17, 15) is 4.79 Å². The molecule has 3 heterocycles. The molecule has 5 heteroatoms. The Hall–Kier alpha value is -1.20. The summed E-state index contributed by atoms with van der Waals surface area (Å²) in [4.78, 5) is 19.8. The van der Waals surface area contributed by atoms with E-state index in [-0.39, 0.29) is 5.56 Å². The van der Waals surface area contributed by atoms with Crippen LogP contribution in [0.2, 0.25) is 0 Å². The average molecular weight is 320 g/mol. The Balaban J connectivity index is 2.03. The van der Waals surface area contributed by atoms with Crippen LogP contribution in [-0.2, 0) is 6.54 Å². The summed E-state index contributed by atoms with van der Waals surface area (Å²) in [5, 5.41) is 0.722. The zero-order valence-corrected chi connectivity index (χ0v) is 12.1. The summed E-state index contributed by atoms with van der Waals surface area (Å²) in [6.07, 6.45) is 1.12. The number of halogens is 1. The van der Waals surface area contributed by atoms with Gasteiger partial charge in [0, 0.05) is 30.0 Å². The summed E-state index contributed by atoms with van der Waals surface area (Å²) in [5.41, 5.74) is 0.923. The van der Waals surface area contributed by atoms with E-state index in [4.69, 9.17) is 4.98 Å². The highest BCUT2D eigenvalue weighted by Gasteiger charge is 2.30. The number of rotatable bonds is 0. The molecule has 0 spiro atoms. The van der Waals surface area contributed by atoms with Gasteiger partial charge in [-0.3, -0.25) is 9.36 Å². The third-order valence-corrected chi connectivity index (χ3v) is 4.72. The molecule has 0 saturated carbocycles. The maximum atomic E-state index is 12.6. The fourth-order valence-electron chi connectivity index (χ4n) is 3.23. The van der Waals surface area contributed by atoms with Gasteiger partial charge in [0.15, 0.2) is 0 Å². The SMILES string of the molecule is O=c1c2ccc(Br)cc2nc2n1CCN1CCC2C1. The molecule has 2 aliphatic rings. The van der Waals surface area contributed by atoms with Crippen molar-refractivity contribution in [1.29, 1.82) is 0 Å². The van der Waals surface area contributed by atoms with Gasteiger partial charge in [-0.15, -0.1) is 0 Å². The lowest BCUT2D eigenvalue weighted by Gasteiger charge is -2.16. The number of hydrogen-bond donors (Lipinski definition) is 0. The van der Waals surface area contributed by atoms with E-state index in [1.807, 2.05) is 22.8 Å². The molecule has 2 atom stereocenters. The quantitative estimate of drug-likeness (QED) is 0.745. The van der Waals surface area contributed by atoms with Crippen LogP contribution in [0.4, 0.5) is 0 Å². The normalized spacial score (nSPS) is 25.3. The summed E-state index contributed by atoms with van der Waals surface area (Å²) in [5.74, 6) is 1.40. The minimum absolute atomic E-state index is 0.112. The van der Waals surface area contributed by atoms with E-state index >= 15 is 0 Å². The topological polar surface area (TPSA) is 38.1 Å². The number of benzene rings is 1. The molecule has 0 amide bonds. The lowest BCUT2D eigenvalue weighted by molar-refractivity contribution is 0.329. The van der Waals surface area contributed by atoms with E-state index in [0.29, 0.717) is 5.92 Å². The largest absolute Gasteiger partial charge is 0.301 e. The van der Waals surface area contributed by atoms with Crippen LogP contribution in [-0.4, -0.2) is 34.1 Å². The third kappa shape index (κ3) is 1.75. The van der Waals surface area contributed by atoms with Crippen molar-refractivity contribution in [1.82, 2.24) is 14.5 Å². The lowest BCUT2D eigenvalue weighted by Crippen LogP contribution is -2.29. The van der Waals surface area contributed by atoms with Crippen molar-refractivity contribution in [3.05, 3.63) is 38.9 Å². The first-order chi connectivity index (χ1) is 9.22. The number of fused-ring (bicyclic) bond motifs is 5. The van der Waals surface area contributed by atoms with Gasteiger partial charge in [-0.05, 0) is 31.2 Å². The van der Waals surface area contributed by atoms with Crippen molar-refractivity contribution < 1.29 is 0 Å². The first kappa shape index (κ1) is 11.6. The Bertz CT molecular complexity index is 724. The molecular formula is C14H14BrN3O. The van der Waals surface area contributed by atoms with Gasteiger partial charge in [0.05, 0.1) is 10.9 Å². The molecule has 2 unspecified atom stereocenters. The molecule has 1 saturated heterocycles. The van der Waals surface area contributed by atoms with Gasteiger partial charge in [-0.2, -0.15) is 0 Å². The highest BCUT2D eigenvalue weighted by atomic mass is 79.9. The molecule has 4 rings (SSSR count). The summed E-state index contributed by atoms with van der Waals surface area (Å²) in [7, 11) is 0. The predicted octanol–water partition coefficient (Wildman–Crippen LogP) is 1.96. The van der Waals surface area contributed by atoms with E-state index in [1.54, 1.807) is 0 Å². The molecule has 4 nitrogen and oxygen atoms in total. The van der Waals surface area contributed by atoms with E-state index in [2.05, 4.69) is 20.8 Å². The second-order valence-corrected chi connectivity index (χ2v) is 6.29. The van der Waals surface area contributed by atoms with E-state index in [0.717, 1.165) is 53.8 Å². The Morgan fingerprint density at radius 2 is 2.16 bits per heavy atom. The standard InChI is InChI=1S/C14H14BrN3O/c15-10-1-2-11-12(7-10)16-13-9-3-4-17(8-9)5-6-18(13)14(11)19/h1-2,7,9H,3-6,8H2. The van der Waals surface area contributed by atoms with Gasteiger partial charge in [0.25, 0.3) is 5.56 Å². The van der Waals surface area contributed by atoms with Crippen molar-refractivity contribution >= 4 is 26.8 Å². The van der Waals surface area contributed by atoms with Crippen LogP contribution in [0.15, 0.2) is 27.5 Å². The van der Waals surface area contributed by atoms with Crippen molar-refractivity contribution in [3.8, 4) is 0 Å². The second-order valence-electron chi connectivity index (χ2n) is 5.37. The molecule has 0 radical (unpaired) electrons. The summed E-state index contributed by atoms with van der Waals surface area (Å²) < 4.78 is 2.86. The van der Waals surface area contributed by atoms with Crippen LogP contribution < -0.4 is 5.56 Å². The first-order valence-corrected chi connectivity index (χ1v) is 7.44. The average Bonchev–Trinajstić information content (AvgIpc) is 2.77. The first-order valence-electron chi connectivity index (χ1n) is 6.65. The monoisotopic (exact) mass is 319 g/mol. The second kappa shape index (κ2) is 4.15. The van der Waals surface area contributed by atoms with Gasteiger partial charge in [0.1, 0.15) is 5.82 Å².